The van der Waals surface area contributed by atoms with E-state index in [2.05, 4.69) is 10.8 Å². The van der Waals surface area contributed by atoms with Crippen molar-refractivity contribution in [3.05, 3.63) is 12.7 Å². The number of quaternary nitrogens is 1. The molecule has 1 N–H and O–H groups in total. The number of esters is 1. The van der Waals surface area contributed by atoms with Crippen molar-refractivity contribution in [2.24, 2.45) is 0 Å². The van der Waals surface area contributed by atoms with Crippen LogP contribution in [0.15, 0.2) is 12.7 Å². The van der Waals surface area contributed by atoms with Crippen LogP contribution in [0.5, 0.6) is 0 Å². The first-order chi connectivity index (χ1) is 7.62. The predicted octanol–water partition coefficient (Wildman–Crippen LogP) is -1.66. The van der Waals surface area contributed by atoms with E-state index < -0.39 is 10.4 Å². The molecule has 0 aromatic rings. The Kier molecular flexibility index (Phi) is 9.86. The largest absolute Gasteiger partial charge is 0.726 e. The fourth-order valence-electron chi connectivity index (χ4n) is 0.863. The lowest BCUT2D eigenvalue weighted by molar-refractivity contribution is -0.861. The van der Waals surface area contributed by atoms with Gasteiger partial charge in [0.25, 0.3) is 0 Å². The first-order valence-electron chi connectivity index (χ1n) is 4.75. The van der Waals surface area contributed by atoms with Crippen molar-refractivity contribution >= 4 is 16.4 Å². The van der Waals surface area contributed by atoms with Gasteiger partial charge in [0.2, 0.25) is 10.4 Å². The fourth-order valence-corrected chi connectivity index (χ4v) is 0.863. The average molecular weight is 269 g/mol. The van der Waals surface area contributed by atoms with Crippen LogP contribution in [0.1, 0.15) is 6.92 Å². The molecule has 1 unspecified atom stereocenters. The van der Waals surface area contributed by atoms with E-state index in [9.17, 15) is 17.8 Å². The molecular formula is C9H19NO6S. The van der Waals surface area contributed by atoms with Gasteiger partial charge in [0.1, 0.15) is 12.6 Å². The number of hydrogen-bond donors (Lipinski definition) is 1. The first-order valence-corrected chi connectivity index (χ1v) is 6.09. The molecular weight excluding hydrogens is 250 g/mol. The van der Waals surface area contributed by atoms with Crippen molar-refractivity contribution < 1.29 is 31.6 Å². The molecule has 0 spiro atoms. The Labute approximate surface area is 102 Å². The normalized spacial score (nSPS) is 12.4. The van der Waals surface area contributed by atoms with E-state index in [-0.39, 0.29) is 12.1 Å². The number of rotatable bonds is 5. The fraction of sp³-hybridized carbons (Fsp3) is 0.667. The molecule has 102 valence electrons. The number of carbonyl (C=O) groups is 1. The van der Waals surface area contributed by atoms with Crippen molar-refractivity contribution in [1.29, 1.82) is 0 Å². The van der Waals surface area contributed by atoms with Crippen LogP contribution in [-0.2, 0) is 24.1 Å². The highest BCUT2D eigenvalue weighted by molar-refractivity contribution is 7.80. The molecule has 1 atom stereocenters. The van der Waals surface area contributed by atoms with Crippen LogP contribution in [0.3, 0.4) is 0 Å². The predicted molar refractivity (Wildman–Crippen MR) is 60.1 cm³/mol. The zero-order valence-electron chi connectivity index (χ0n) is 10.4. The van der Waals surface area contributed by atoms with Gasteiger partial charge in [0.05, 0.1) is 21.2 Å². The second-order valence-electron chi connectivity index (χ2n) is 3.44. The Morgan fingerprint density at radius 3 is 2.18 bits per heavy atom. The van der Waals surface area contributed by atoms with Crippen LogP contribution in [0.4, 0.5) is 0 Å². The lowest BCUT2D eigenvalue weighted by Crippen LogP contribution is -3.06. The summed E-state index contributed by atoms with van der Waals surface area (Å²) in [4.78, 5) is 11.9. The second kappa shape index (κ2) is 9.11. The molecule has 17 heavy (non-hydrogen) atoms. The molecule has 0 fully saturated rings. The molecule has 0 aliphatic heterocycles. The van der Waals surface area contributed by atoms with Gasteiger partial charge < -0.3 is 14.2 Å². The van der Waals surface area contributed by atoms with Gasteiger partial charge in [0.15, 0.2) is 0 Å². The van der Waals surface area contributed by atoms with E-state index in [1.807, 2.05) is 21.0 Å². The molecule has 0 radical (unpaired) electrons. The molecule has 0 aromatic heterocycles. The zero-order valence-corrected chi connectivity index (χ0v) is 11.2. The van der Waals surface area contributed by atoms with Gasteiger partial charge in [-0.25, -0.2) is 13.2 Å². The Morgan fingerprint density at radius 2 is 1.94 bits per heavy atom. The van der Waals surface area contributed by atoms with E-state index in [0.717, 1.165) is 13.7 Å². The maximum absolute atomic E-state index is 10.7. The van der Waals surface area contributed by atoms with Crippen molar-refractivity contribution in [3.63, 3.8) is 0 Å². The minimum atomic E-state index is -4.41. The van der Waals surface area contributed by atoms with E-state index in [4.69, 9.17) is 4.74 Å². The second-order valence-corrected chi connectivity index (χ2v) is 4.59. The molecule has 0 bridgehead atoms. The van der Waals surface area contributed by atoms with Crippen molar-refractivity contribution in [3.8, 4) is 0 Å². The lowest BCUT2D eigenvalue weighted by atomic mass is 10.4. The maximum atomic E-state index is 10.7. The SMILES string of the molecule is C=CC(=O)OC(C)C[NH+](C)C.COS(=O)(=O)[O-]. The summed E-state index contributed by atoms with van der Waals surface area (Å²) in [5.74, 6) is -0.348. The summed E-state index contributed by atoms with van der Waals surface area (Å²) in [6.45, 7) is 6.00. The maximum Gasteiger partial charge on any atom is 0.330 e. The van der Waals surface area contributed by atoms with E-state index in [1.165, 1.54) is 11.0 Å². The van der Waals surface area contributed by atoms with E-state index in [1.54, 1.807) is 0 Å². The smallest absolute Gasteiger partial charge is 0.330 e. The molecule has 0 aliphatic rings. The molecule has 0 heterocycles. The van der Waals surface area contributed by atoms with E-state index >= 15 is 0 Å². The Balaban J connectivity index is 0. The number of carbonyl (C=O) groups excluding carboxylic acids is 1. The molecule has 0 rings (SSSR count). The summed E-state index contributed by atoms with van der Waals surface area (Å²) < 4.78 is 36.0. The van der Waals surface area contributed by atoms with E-state index in [0.29, 0.717) is 0 Å². The summed E-state index contributed by atoms with van der Waals surface area (Å²) in [6, 6.07) is 0. The van der Waals surface area contributed by atoms with Gasteiger partial charge in [0, 0.05) is 6.08 Å². The van der Waals surface area contributed by atoms with Crippen LogP contribution >= 0.6 is 0 Å². The molecule has 0 amide bonds. The van der Waals surface area contributed by atoms with Crippen LogP contribution in [0.2, 0.25) is 0 Å². The summed E-state index contributed by atoms with van der Waals surface area (Å²) in [5, 5.41) is 0. The quantitative estimate of drug-likeness (QED) is 0.278. The van der Waals surface area contributed by atoms with Crippen molar-refractivity contribution in [2.75, 3.05) is 27.7 Å². The number of likely N-dealkylation sites (N-methyl/N-ethyl adjacent to an activating group) is 1. The summed E-state index contributed by atoms with van der Waals surface area (Å²) in [7, 11) is 0.420. The van der Waals surface area contributed by atoms with Crippen LogP contribution < -0.4 is 4.90 Å². The van der Waals surface area contributed by atoms with Gasteiger partial charge in [-0.05, 0) is 6.92 Å². The monoisotopic (exact) mass is 269 g/mol. The van der Waals surface area contributed by atoms with Gasteiger partial charge in [-0.2, -0.15) is 0 Å². The van der Waals surface area contributed by atoms with Crippen LogP contribution in [0.25, 0.3) is 0 Å². The highest BCUT2D eigenvalue weighted by Crippen LogP contribution is 1.87. The third kappa shape index (κ3) is 17.6. The van der Waals surface area contributed by atoms with Crippen LogP contribution in [-0.4, -0.2) is 52.8 Å². The minimum absolute atomic E-state index is 0.0366. The molecule has 0 saturated carbocycles. The molecule has 7 nitrogen and oxygen atoms in total. The Bertz CT molecular complexity index is 324. The van der Waals surface area contributed by atoms with Gasteiger partial charge in [-0.1, -0.05) is 6.58 Å². The Hall–Kier alpha value is -0.960. The van der Waals surface area contributed by atoms with Gasteiger partial charge in [-0.3, -0.25) is 4.18 Å². The zero-order chi connectivity index (χ0) is 14.1. The molecule has 0 aromatic carbocycles. The molecule has 8 heteroatoms. The van der Waals surface area contributed by atoms with Crippen molar-refractivity contribution in [1.82, 2.24) is 0 Å². The molecule has 0 saturated heterocycles. The number of nitrogens with one attached hydrogen (secondary N) is 1. The minimum Gasteiger partial charge on any atom is -0.726 e. The average Bonchev–Trinajstić information content (AvgIpc) is 2.16. The third-order valence-electron chi connectivity index (χ3n) is 1.38. The standard InChI is InChI=1S/C8H15NO2.CH4O4S/c1-5-8(10)11-7(2)6-9(3)4;1-5-6(2,3)4/h5,7H,1,6H2,2-4H3;1H3,(H,2,3,4). The molecule has 0 aliphatic carbocycles. The van der Waals surface area contributed by atoms with Crippen LogP contribution in [0, 0.1) is 0 Å². The first kappa shape index (κ1) is 18.4. The summed E-state index contributed by atoms with van der Waals surface area (Å²) >= 11 is 0. The summed E-state index contributed by atoms with van der Waals surface area (Å²) in [6.07, 6.45) is 1.15. The van der Waals surface area contributed by atoms with Gasteiger partial charge >= 0.3 is 5.97 Å². The highest BCUT2D eigenvalue weighted by Gasteiger charge is 2.08. The topological polar surface area (TPSA) is 97.2 Å². The Morgan fingerprint density at radius 1 is 1.53 bits per heavy atom. The number of hydrogen-bond acceptors (Lipinski definition) is 6. The van der Waals surface area contributed by atoms with Gasteiger partial charge in [-0.15, -0.1) is 0 Å². The summed E-state index contributed by atoms with van der Waals surface area (Å²) in [5.41, 5.74) is 0. The third-order valence-corrected chi connectivity index (χ3v) is 1.79. The van der Waals surface area contributed by atoms with Crippen molar-refractivity contribution in [2.45, 2.75) is 13.0 Å². The highest BCUT2D eigenvalue weighted by atomic mass is 32.3. The number of ether oxygens (including phenoxy) is 1. The lowest BCUT2D eigenvalue weighted by Gasteiger charge is -2.13.